The largest absolute Gasteiger partial charge is 0.444 e. The molecule has 0 atom stereocenters. The van der Waals surface area contributed by atoms with E-state index in [1.54, 1.807) is 4.90 Å². The monoisotopic (exact) mass is 479 g/mol. The Bertz CT molecular complexity index is 1190. The summed E-state index contributed by atoms with van der Waals surface area (Å²) in [4.78, 5) is 18.7. The molecule has 0 aliphatic carbocycles. The van der Waals surface area contributed by atoms with E-state index in [4.69, 9.17) is 27.6 Å². The van der Waals surface area contributed by atoms with Crippen molar-refractivity contribution in [2.24, 2.45) is 0 Å². The van der Waals surface area contributed by atoms with Gasteiger partial charge in [0, 0.05) is 36.8 Å². The minimum absolute atomic E-state index is 0.0301. The normalized spacial score (nSPS) is 15.2. The average Bonchev–Trinajstić information content (AvgIpc) is 3.24. The van der Waals surface area contributed by atoms with Crippen LogP contribution in [0.25, 0.3) is 11.5 Å². The fourth-order valence-corrected chi connectivity index (χ4v) is 5.52. The highest BCUT2D eigenvalue weighted by molar-refractivity contribution is 7.89. The molecule has 0 bridgehead atoms. The molecule has 0 N–H and O–H groups in total. The van der Waals surface area contributed by atoms with Crippen LogP contribution in [0.1, 0.15) is 5.69 Å². The summed E-state index contributed by atoms with van der Waals surface area (Å²) in [5.74, 6) is 0.323. The van der Waals surface area contributed by atoms with Crippen LogP contribution in [0, 0.1) is 0 Å². The van der Waals surface area contributed by atoms with E-state index >= 15 is 0 Å². The van der Waals surface area contributed by atoms with Crippen molar-refractivity contribution in [3.8, 4) is 11.5 Å². The maximum Gasteiger partial charge on any atom is 0.244 e. The number of nitrogens with zero attached hydrogens (tertiary/aromatic N) is 3. The number of benzene rings is 2. The quantitative estimate of drug-likeness (QED) is 0.556. The van der Waals surface area contributed by atoms with E-state index in [1.807, 2.05) is 30.3 Å². The number of halogens is 2. The standard InChI is InChI=1S/C21H19Cl2N3O4S/c22-16-6-7-18(23)19(12-16)31(28,29)26-10-8-25(9-11-26)20(27)13-17-14-30-21(24-17)15-4-2-1-3-5-15/h1-7,12,14H,8-11,13H2. The minimum atomic E-state index is -3.80. The molecule has 0 saturated carbocycles. The Kier molecular flexibility index (Phi) is 6.34. The summed E-state index contributed by atoms with van der Waals surface area (Å²) < 4.78 is 32.6. The molecule has 2 aromatic carbocycles. The third-order valence-electron chi connectivity index (χ3n) is 5.01. The van der Waals surface area contributed by atoms with E-state index in [1.165, 1.54) is 28.8 Å². The van der Waals surface area contributed by atoms with Crippen molar-refractivity contribution < 1.29 is 17.6 Å². The van der Waals surface area contributed by atoms with E-state index in [-0.39, 0.29) is 48.4 Å². The van der Waals surface area contributed by atoms with Crippen molar-refractivity contribution in [3.63, 3.8) is 0 Å². The van der Waals surface area contributed by atoms with Crippen molar-refractivity contribution in [1.82, 2.24) is 14.2 Å². The highest BCUT2D eigenvalue weighted by Crippen LogP contribution is 2.28. The summed E-state index contributed by atoms with van der Waals surface area (Å²) >= 11 is 12.0. The van der Waals surface area contributed by atoms with Crippen LogP contribution in [-0.4, -0.2) is 54.7 Å². The molecule has 1 fully saturated rings. The van der Waals surface area contributed by atoms with Gasteiger partial charge in [-0.05, 0) is 30.3 Å². The number of aromatic nitrogens is 1. The number of hydrogen-bond acceptors (Lipinski definition) is 5. The summed E-state index contributed by atoms with van der Waals surface area (Å²) in [6.45, 7) is 0.898. The topological polar surface area (TPSA) is 83.7 Å². The molecule has 4 rings (SSSR count). The van der Waals surface area contributed by atoms with Gasteiger partial charge in [-0.25, -0.2) is 13.4 Å². The zero-order valence-electron chi connectivity index (χ0n) is 16.4. The van der Waals surface area contributed by atoms with Crippen molar-refractivity contribution in [2.45, 2.75) is 11.3 Å². The fourth-order valence-electron chi connectivity index (χ4n) is 3.36. The first kappa shape index (κ1) is 21.8. The highest BCUT2D eigenvalue weighted by atomic mass is 35.5. The van der Waals surface area contributed by atoms with Gasteiger partial charge in [-0.2, -0.15) is 4.31 Å². The van der Waals surface area contributed by atoms with Crippen LogP contribution in [0.2, 0.25) is 10.0 Å². The van der Waals surface area contributed by atoms with E-state index in [9.17, 15) is 13.2 Å². The second-order valence-corrected chi connectivity index (χ2v) is 9.80. The Hall–Kier alpha value is -2.39. The smallest absolute Gasteiger partial charge is 0.244 e. The number of oxazole rings is 1. The molecular weight excluding hydrogens is 461 g/mol. The number of sulfonamides is 1. The molecule has 7 nitrogen and oxygen atoms in total. The lowest BCUT2D eigenvalue weighted by Gasteiger charge is -2.34. The third-order valence-corrected chi connectivity index (χ3v) is 7.62. The van der Waals surface area contributed by atoms with Crippen molar-refractivity contribution in [1.29, 1.82) is 0 Å². The van der Waals surface area contributed by atoms with E-state index < -0.39 is 10.0 Å². The molecule has 2 heterocycles. The van der Waals surface area contributed by atoms with Crippen LogP contribution < -0.4 is 0 Å². The summed E-state index contributed by atoms with van der Waals surface area (Å²) in [5.41, 5.74) is 1.37. The summed E-state index contributed by atoms with van der Waals surface area (Å²) in [6, 6.07) is 13.8. The zero-order chi connectivity index (χ0) is 22.0. The van der Waals surface area contributed by atoms with Crippen molar-refractivity contribution >= 4 is 39.1 Å². The van der Waals surface area contributed by atoms with Gasteiger partial charge >= 0.3 is 0 Å². The van der Waals surface area contributed by atoms with Crippen LogP contribution in [0.3, 0.4) is 0 Å². The van der Waals surface area contributed by atoms with E-state index in [0.29, 0.717) is 16.6 Å². The molecule has 1 amide bonds. The van der Waals surface area contributed by atoms with E-state index in [0.717, 1.165) is 5.56 Å². The van der Waals surface area contributed by atoms with Gasteiger partial charge in [-0.1, -0.05) is 41.4 Å². The number of hydrogen-bond donors (Lipinski definition) is 0. The molecule has 1 aliphatic heterocycles. The second kappa shape index (κ2) is 9.00. The van der Waals surface area contributed by atoms with Gasteiger partial charge in [0.05, 0.1) is 17.1 Å². The number of carbonyl (C=O) groups excluding carboxylic acids is 1. The maximum absolute atomic E-state index is 12.9. The van der Waals surface area contributed by atoms with Gasteiger partial charge in [-0.3, -0.25) is 4.79 Å². The first-order chi connectivity index (χ1) is 14.8. The molecule has 162 valence electrons. The first-order valence-electron chi connectivity index (χ1n) is 9.57. The van der Waals surface area contributed by atoms with Crippen LogP contribution >= 0.6 is 23.2 Å². The molecule has 1 aromatic heterocycles. The SMILES string of the molecule is O=C(Cc1coc(-c2ccccc2)n1)N1CCN(S(=O)(=O)c2cc(Cl)ccc2Cl)CC1. The highest BCUT2D eigenvalue weighted by Gasteiger charge is 2.31. The Morgan fingerprint density at radius 2 is 1.74 bits per heavy atom. The number of amides is 1. The summed E-state index contributed by atoms with van der Waals surface area (Å²) in [7, 11) is -3.80. The Morgan fingerprint density at radius 3 is 2.45 bits per heavy atom. The minimum Gasteiger partial charge on any atom is -0.444 e. The molecule has 1 saturated heterocycles. The lowest BCUT2D eigenvalue weighted by molar-refractivity contribution is -0.131. The molecule has 3 aromatic rings. The fraction of sp³-hybridized carbons (Fsp3) is 0.238. The Morgan fingerprint density at radius 1 is 1.03 bits per heavy atom. The predicted molar refractivity (Wildman–Crippen MR) is 117 cm³/mol. The van der Waals surface area contributed by atoms with Crippen LogP contribution in [0.5, 0.6) is 0 Å². The average molecular weight is 480 g/mol. The van der Waals surface area contributed by atoms with E-state index in [2.05, 4.69) is 4.98 Å². The van der Waals surface area contributed by atoms with Crippen LogP contribution in [-0.2, 0) is 21.2 Å². The van der Waals surface area contributed by atoms with Gasteiger partial charge in [0.1, 0.15) is 11.2 Å². The second-order valence-electron chi connectivity index (χ2n) is 7.05. The molecule has 10 heteroatoms. The lowest BCUT2D eigenvalue weighted by atomic mass is 10.2. The molecule has 0 spiro atoms. The van der Waals surface area contributed by atoms with Crippen molar-refractivity contribution in [2.75, 3.05) is 26.2 Å². The zero-order valence-corrected chi connectivity index (χ0v) is 18.7. The van der Waals surface area contributed by atoms with Crippen LogP contribution in [0.15, 0.2) is 64.1 Å². The Balaban J connectivity index is 1.38. The molecule has 31 heavy (non-hydrogen) atoms. The van der Waals surface area contributed by atoms with Gasteiger partial charge in [0.15, 0.2) is 0 Å². The van der Waals surface area contributed by atoms with Crippen LogP contribution in [0.4, 0.5) is 0 Å². The van der Waals surface area contributed by atoms with Gasteiger partial charge in [0.2, 0.25) is 21.8 Å². The van der Waals surface area contributed by atoms with Gasteiger partial charge < -0.3 is 9.32 Å². The Labute approximate surface area is 190 Å². The third kappa shape index (κ3) is 4.77. The maximum atomic E-state index is 12.9. The summed E-state index contributed by atoms with van der Waals surface area (Å²) in [5, 5.41) is 0.405. The number of rotatable bonds is 5. The molecule has 0 unspecified atom stereocenters. The molecular formula is C21H19Cl2N3O4S. The van der Waals surface area contributed by atoms with Gasteiger partial charge in [-0.15, -0.1) is 0 Å². The van der Waals surface area contributed by atoms with Gasteiger partial charge in [0.25, 0.3) is 0 Å². The summed E-state index contributed by atoms with van der Waals surface area (Å²) in [6.07, 6.45) is 1.56. The molecule has 0 radical (unpaired) electrons. The van der Waals surface area contributed by atoms with Crippen molar-refractivity contribution in [3.05, 3.63) is 70.5 Å². The molecule has 1 aliphatic rings. The lowest BCUT2D eigenvalue weighted by Crippen LogP contribution is -2.50. The predicted octanol–water partition coefficient (Wildman–Crippen LogP) is 3.72. The first-order valence-corrected chi connectivity index (χ1v) is 11.8. The number of carbonyl (C=O) groups is 1. The number of piperazine rings is 1.